The first kappa shape index (κ1) is 16.1. The van der Waals surface area contributed by atoms with Gasteiger partial charge in [0.15, 0.2) is 0 Å². The summed E-state index contributed by atoms with van der Waals surface area (Å²) in [6.07, 6.45) is 4.48. The highest BCUT2D eigenvalue weighted by Crippen LogP contribution is 2.48. The second-order valence-electron chi connectivity index (χ2n) is 6.58. The highest BCUT2D eigenvalue weighted by Gasteiger charge is 2.44. The van der Waals surface area contributed by atoms with Gasteiger partial charge in [0.1, 0.15) is 5.75 Å². The number of benzene rings is 1. The summed E-state index contributed by atoms with van der Waals surface area (Å²) < 4.78 is 30.7. The third kappa shape index (κ3) is 3.36. The first-order valence-electron chi connectivity index (χ1n) is 8.48. The van der Waals surface area contributed by atoms with Crippen LogP contribution < -0.4 is 10.1 Å². The lowest BCUT2D eigenvalue weighted by Crippen LogP contribution is -2.33. The Morgan fingerprint density at radius 1 is 1.28 bits per heavy atom. The Kier molecular flexibility index (Phi) is 4.15. The van der Waals surface area contributed by atoms with Gasteiger partial charge in [-0.25, -0.2) is 0 Å². The van der Waals surface area contributed by atoms with Crippen LogP contribution in [0.3, 0.4) is 0 Å². The number of hydrogen-bond acceptors (Lipinski definition) is 3. The fourth-order valence-corrected chi connectivity index (χ4v) is 3.59. The molecule has 132 valence electrons. The largest absolute Gasteiger partial charge is 0.435 e. The van der Waals surface area contributed by atoms with Crippen LogP contribution in [0.2, 0.25) is 0 Å². The van der Waals surface area contributed by atoms with E-state index in [2.05, 4.69) is 15.2 Å². The number of aryl methyl sites for hydroxylation is 1. The number of carbonyl (C=O) groups is 1. The van der Waals surface area contributed by atoms with Crippen molar-refractivity contribution in [3.8, 4) is 5.75 Å². The van der Waals surface area contributed by atoms with Gasteiger partial charge in [-0.05, 0) is 48.9 Å². The van der Waals surface area contributed by atoms with Crippen molar-refractivity contribution in [2.75, 3.05) is 0 Å². The van der Waals surface area contributed by atoms with Crippen LogP contribution in [0.15, 0.2) is 36.5 Å². The Hall–Kier alpha value is -2.44. The summed E-state index contributed by atoms with van der Waals surface area (Å²) in [4.78, 5) is 12.5. The average Bonchev–Trinajstić information content (AvgIpc) is 3.24. The molecule has 2 heterocycles. The molecular formula is C18H19F2N3O2. The zero-order valence-corrected chi connectivity index (χ0v) is 13.6. The van der Waals surface area contributed by atoms with E-state index in [1.54, 1.807) is 18.3 Å². The number of nitrogens with one attached hydrogen (secondary N) is 1. The lowest BCUT2D eigenvalue weighted by molar-refractivity contribution is -0.123. The van der Waals surface area contributed by atoms with Crippen LogP contribution in [0.5, 0.6) is 5.75 Å². The quantitative estimate of drug-likeness (QED) is 0.903. The molecule has 25 heavy (non-hydrogen) atoms. The molecule has 2 aromatic rings. The van der Waals surface area contributed by atoms with Crippen molar-refractivity contribution in [2.24, 2.45) is 5.92 Å². The van der Waals surface area contributed by atoms with Crippen molar-refractivity contribution in [1.29, 1.82) is 0 Å². The molecule has 3 atom stereocenters. The van der Waals surface area contributed by atoms with Gasteiger partial charge in [-0.15, -0.1) is 0 Å². The van der Waals surface area contributed by atoms with E-state index in [1.807, 2.05) is 10.7 Å². The van der Waals surface area contributed by atoms with Crippen LogP contribution in [0.25, 0.3) is 0 Å². The van der Waals surface area contributed by atoms with Gasteiger partial charge >= 0.3 is 6.61 Å². The minimum absolute atomic E-state index is 0.0202. The minimum Gasteiger partial charge on any atom is -0.435 e. The number of aromatic nitrogens is 2. The van der Waals surface area contributed by atoms with Crippen LogP contribution in [-0.4, -0.2) is 22.3 Å². The van der Waals surface area contributed by atoms with Gasteiger partial charge in [0.2, 0.25) is 5.91 Å². The SMILES string of the molecule is O=C(NC1CCCn2nccc21)[C@@H]1C[C@H]1c1ccc(OC(F)F)cc1. The van der Waals surface area contributed by atoms with Gasteiger partial charge in [0.05, 0.1) is 11.7 Å². The van der Waals surface area contributed by atoms with Crippen LogP contribution in [0.1, 0.15) is 42.5 Å². The number of carbonyl (C=O) groups excluding carboxylic acids is 1. The zero-order valence-electron chi connectivity index (χ0n) is 13.6. The number of halogens is 2. The van der Waals surface area contributed by atoms with Gasteiger partial charge in [0.25, 0.3) is 0 Å². The molecule has 0 radical (unpaired) electrons. The van der Waals surface area contributed by atoms with Crippen molar-refractivity contribution in [1.82, 2.24) is 15.1 Å². The predicted octanol–water partition coefficient (Wildman–Crippen LogP) is 3.24. The summed E-state index contributed by atoms with van der Waals surface area (Å²) in [7, 11) is 0. The third-order valence-electron chi connectivity index (χ3n) is 4.95. The molecule has 1 aliphatic carbocycles. The van der Waals surface area contributed by atoms with E-state index in [9.17, 15) is 13.6 Å². The highest BCUT2D eigenvalue weighted by molar-refractivity contribution is 5.83. The van der Waals surface area contributed by atoms with Crippen molar-refractivity contribution >= 4 is 5.91 Å². The van der Waals surface area contributed by atoms with Gasteiger partial charge in [-0.2, -0.15) is 13.9 Å². The standard InChI is InChI=1S/C18H19F2N3O2/c19-18(20)25-12-5-3-11(4-6-12)13-10-14(13)17(24)22-15-2-1-9-23-16(15)7-8-21-23/h3-8,13-15,18H,1-2,9-10H2,(H,22,24)/t13-,14+,15?/m0/s1. The van der Waals surface area contributed by atoms with E-state index < -0.39 is 6.61 Å². The number of amides is 1. The van der Waals surface area contributed by atoms with Crippen molar-refractivity contribution in [3.05, 3.63) is 47.8 Å². The summed E-state index contributed by atoms with van der Waals surface area (Å²) in [5.74, 6) is 0.280. The lowest BCUT2D eigenvalue weighted by Gasteiger charge is -2.24. The first-order chi connectivity index (χ1) is 12.1. The lowest BCUT2D eigenvalue weighted by atomic mass is 10.0. The number of nitrogens with zero attached hydrogens (tertiary/aromatic N) is 2. The van der Waals surface area contributed by atoms with Gasteiger partial charge in [0, 0.05) is 18.7 Å². The first-order valence-corrected chi connectivity index (χ1v) is 8.48. The van der Waals surface area contributed by atoms with Crippen LogP contribution in [0.4, 0.5) is 8.78 Å². The summed E-state index contributed by atoms with van der Waals surface area (Å²) in [6.45, 7) is -1.93. The van der Waals surface area contributed by atoms with E-state index in [4.69, 9.17) is 0 Å². The van der Waals surface area contributed by atoms with E-state index in [-0.39, 0.29) is 29.5 Å². The Morgan fingerprint density at radius 2 is 2.08 bits per heavy atom. The number of rotatable bonds is 5. The second-order valence-corrected chi connectivity index (χ2v) is 6.58. The Morgan fingerprint density at radius 3 is 2.84 bits per heavy atom. The number of fused-ring (bicyclic) bond motifs is 1. The topological polar surface area (TPSA) is 56.2 Å². The van der Waals surface area contributed by atoms with Crippen molar-refractivity contribution in [2.45, 2.75) is 44.4 Å². The molecule has 5 nitrogen and oxygen atoms in total. The minimum atomic E-state index is -2.82. The smallest absolute Gasteiger partial charge is 0.387 e. The van der Waals surface area contributed by atoms with Crippen LogP contribution >= 0.6 is 0 Å². The van der Waals surface area contributed by atoms with Gasteiger partial charge in [-0.3, -0.25) is 9.48 Å². The Bertz CT molecular complexity index is 760. The van der Waals surface area contributed by atoms with Crippen LogP contribution in [-0.2, 0) is 11.3 Å². The molecule has 1 aliphatic heterocycles. The molecule has 2 aliphatic rings. The summed E-state index contributed by atoms with van der Waals surface area (Å²) >= 11 is 0. The molecule has 1 aromatic carbocycles. The fraction of sp³-hybridized carbons (Fsp3) is 0.444. The van der Waals surface area contributed by atoms with Crippen molar-refractivity contribution in [3.63, 3.8) is 0 Å². The molecule has 1 fully saturated rings. The van der Waals surface area contributed by atoms with Gasteiger partial charge in [-0.1, -0.05) is 12.1 Å². The van der Waals surface area contributed by atoms with Crippen molar-refractivity contribution < 1.29 is 18.3 Å². The molecule has 1 N–H and O–H groups in total. The normalized spacial score (nSPS) is 24.7. The second kappa shape index (κ2) is 6.46. The molecule has 7 heteroatoms. The number of alkyl halides is 2. The van der Waals surface area contributed by atoms with Gasteiger partial charge < -0.3 is 10.1 Å². The van der Waals surface area contributed by atoms with E-state index >= 15 is 0 Å². The van der Waals surface area contributed by atoms with E-state index in [0.29, 0.717) is 0 Å². The highest BCUT2D eigenvalue weighted by atomic mass is 19.3. The molecule has 4 rings (SSSR count). The molecule has 1 unspecified atom stereocenters. The third-order valence-corrected chi connectivity index (χ3v) is 4.95. The molecule has 1 saturated carbocycles. The summed E-state index contributed by atoms with van der Waals surface area (Å²) in [5.41, 5.74) is 2.04. The molecule has 0 spiro atoms. The maximum absolute atomic E-state index is 12.5. The van der Waals surface area contributed by atoms with Crippen LogP contribution in [0, 0.1) is 5.92 Å². The van der Waals surface area contributed by atoms with E-state index in [0.717, 1.165) is 37.1 Å². The summed E-state index contributed by atoms with van der Waals surface area (Å²) in [5, 5.41) is 7.40. The fourth-order valence-electron chi connectivity index (χ4n) is 3.59. The Balaban J connectivity index is 1.36. The molecule has 1 amide bonds. The predicted molar refractivity (Wildman–Crippen MR) is 86.3 cm³/mol. The van der Waals surface area contributed by atoms with E-state index in [1.165, 1.54) is 12.1 Å². The molecule has 0 saturated heterocycles. The molecule has 1 aromatic heterocycles. The maximum Gasteiger partial charge on any atom is 0.387 e. The Labute approximate surface area is 144 Å². The number of hydrogen-bond donors (Lipinski definition) is 1. The summed E-state index contributed by atoms with van der Waals surface area (Å²) in [6, 6.07) is 8.53. The molecule has 0 bridgehead atoms. The monoisotopic (exact) mass is 347 g/mol. The maximum atomic E-state index is 12.5. The number of ether oxygens (including phenoxy) is 1. The molecular weight excluding hydrogens is 328 g/mol. The zero-order chi connectivity index (χ0) is 17.4. The average molecular weight is 347 g/mol.